The van der Waals surface area contributed by atoms with Gasteiger partial charge in [-0.05, 0) is 50.8 Å². The molecule has 0 atom stereocenters. The molecule has 0 saturated carbocycles. The molecule has 0 aliphatic heterocycles. The highest BCUT2D eigenvalue weighted by molar-refractivity contribution is 6.30. The molecule has 7 heteroatoms. The van der Waals surface area contributed by atoms with Crippen molar-refractivity contribution in [1.29, 1.82) is 0 Å². The molecule has 2 aromatic carbocycles. The van der Waals surface area contributed by atoms with Crippen molar-refractivity contribution in [3.8, 4) is 5.69 Å². The lowest BCUT2D eigenvalue weighted by Gasteiger charge is -2.23. The van der Waals surface area contributed by atoms with Crippen LogP contribution in [0.4, 0.5) is 0 Å². The molecule has 0 unspecified atom stereocenters. The second kappa shape index (κ2) is 8.99. The number of amides is 1. The fourth-order valence-corrected chi connectivity index (χ4v) is 2.95. The molecule has 0 saturated heterocycles. The van der Waals surface area contributed by atoms with Crippen LogP contribution >= 0.6 is 11.6 Å². The van der Waals surface area contributed by atoms with Crippen LogP contribution in [0.1, 0.15) is 22.0 Å². The van der Waals surface area contributed by atoms with E-state index in [0.29, 0.717) is 23.9 Å². The van der Waals surface area contributed by atoms with Crippen molar-refractivity contribution in [3.63, 3.8) is 0 Å². The standard InChI is InChI=1S/C21H24ClN5O/c1-16-23-20(24-27(16)19-11-9-18(22)10-12-19)21(28)26(14-13-25(2)3)15-17-7-5-4-6-8-17/h4-12H,13-15H2,1-3H3. The van der Waals surface area contributed by atoms with E-state index in [1.54, 1.807) is 21.7 Å². The SMILES string of the molecule is Cc1nc(C(=O)N(CCN(C)C)Cc2ccccc2)nn1-c1ccc(Cl)cc1. The molecule has 0 aliphatic rings. The van der Waals surface area contributed by atoms with Crippen LogP contribution in [-0.4, -0.2) is 57.7 Å². The molecule has 0 radical (unpaired) electrons. The minimum Gasteiger partial charge on any atom is -0.330 e. The van der Waals surface area contributed by atoms with E-state index >= 15 is 0 Å². The molecule has 28 heavy (non-hydrogen) atoms. The normalized spacial score (nSPS) is 11.0. The third-order valence-corrected chi connectivity index (χ3v) is 4.60. The van der Waals surface area contributed by atoms with E-state index < -0.39 is 0 Å². The van der Waals surface area contributed by atoms with Gasteiger partial charge in [0, 0.05) is 24.7 Å². The van der Waals surface area contributed by atoms with E-state index in [1.165, 1.54) is 0 Å². The van der Waals surface area contributed by atoms with Gasteiger partial charge in [-0.2, -0.15) is 0 Å². The van der Waals surface area contributed by atoms with Gasteiger partial charge in [-0.3, -0.25) is 4.79 Å². The maximum absolute atomic E-state index is 13.2. The van der Waals surface area contributed by atoms with Crippen LogP contribution < -0.4 is 0 Å². The summed E-state index contributed by atoms with van der Waals surface area (Å²) < 4.78 is 1.66. The summed E-state index contributed by atoms with van der Waals surface area (Å²) >= 11 is 5.96. The molecule has 1 aromatic heterocycles. The average molecular weight is 398 g/mol. The number of rotatable bonds is 7. The van der Waals surface area contributed by atoms with Gasteiger partial charge in [0.25, 0.3) is 5.91 Å². The third-order valence-electron chi connectivity index (χ3n) is 4.35. The van der Waals surface area contributed by atoms with Crippen molar-refractivity contribution >= 4 is 17.5 Å². The summed E-state index contributed by atoms with van der Waals surface area (Å²) in [5.41, 5.74) is 1.89. The summed E-state index contributed by atoms with van der Waals surface area (Å²) in [4.78, 5) is 21.4. The first-order chi connectivity index (χ1) is 13.4. The van der Waals surface area contributed by atoms with E-state index in [9.17, 15) is 4.79 Å². The molecular weight excluding hydrogens is 374 g/mol. The Kier molecular flexibility index (Phi) is 6.44. The second-order valence-electron chi connectivity index (χ2n) is 6.89. The van der Waals surface area contributed by atoms with Gasteiger partial charge in [0.05, 0.1) is 5.69 Å². The van der Waals surface area contributed by atoms with Gasteiger partial charge < -0.3 is 9.80 Å². The van der Waals surface area contributed by atoms with Crippen molar-refractivity contribution < 1.29 is 4.79 Å². The highest BCUT2D eigenvalue weighted by Gasteiger charge is 2.22. The Morgan fingerprint density at radius 1 is 1.04 bits per heavy atom. The molecule has 3 rings (SSSR count). The number of aromatic nitrogens is 3. The number of nitrogens with zero attached hydrogens (tertiary/aromatic N) is 5. The average Bonchev–Trinajstić information content (AvgIpc) is 3.07. The smallest absolute Gasteiger partial charge is 0.293 e. The summed E-state index contributed by atoms with van der Waals surface area (Å²) in [6.07, 6.45) is 0. The highest BCUT2D eigenvalue weighted by atomic mass is 35.5. The number of halogens is 1. The van der Waals surface area contributed by atoms with Crippen LogP contribution in [0.2, 0.25) is 5.02 Å². The van der Waals surface area contributed by atoms with Gasteiger partial charge in [0.2, 0.25) is 5.82 Å². The summed E-state index contributed by atoms with van der Waals surface area (Å²) in [5.74, 6) is 0.668. The Morgan fingerprint density at radius 2 is 1.71 bits per heavy atom. The molecule has 0 spiro atoms. The van der Waals surface area contributed by atoms with Crippen molar-refractivity contribution in [3.05, 3.63) is 76.8 Å². The number of carbonyl (C=O) groups excluding carboxylic acids is 1. The van der Waals surface area contributed by atoms with Gasteiger partial charge in [0.1, 0.15) is 5.82 Å². The van der Waals surface area contributed by atoms with E-state index in [1.807, 2.05) is 63.5 Å². The lowest BCUT2D eigenvalue weighted by Crippen LogP contribution is -2.36. The van der Waals surface area contributed by atoms with Crippen LogP contribution in [0.15, 0.2) is 54.6 Å². The second-order valence-corrected chi connectivity index (χ2v) is 7.32. The number of likely N-dealkylation sites (N-methyl/N-ethyl adjacent to an activating group) is 1. The van der Waals surface area contributed by atoms with E-state index in [0.717, 1.165) is 17.8 Å². The fourth-order valence-electron chi connectivity index (χ4n) is 2.83. The molecule has 0 bridgehead atoms. The Bertz CT molecular complexity index is 922. The summed E-state index contributed by atoms with van der Waals surface area (Å²) in [6.45, 7) is 3.70. The van der Waals surface area contributed by atoms with Gasteiger partial charge in [0.15, 0.2) is 0 Å². The largest absolute Gasteiger partial charge is 0.330 e. The summed E-state index contributed by atoms with van der Waals surface area (Å²) in [6, 6.07) is 17.2. The van der Waals surface area contributed by atoms with Crippen molar-refractivity contribution in [2.45, 2.75) is 13.5 Å². The van der Waals surface area contributed by atoms with Crippen molar-refractivity contribution in [2.75, 3.05) is 27.2 Å². The number of hydrogen-bond acceptors (Lipinski definition) is 4. The maximum Gasteiger partial charge on any atom is 0.293 e. The van der Waals surface area contributed by atoms with Crippen LogP contribution in [-0.2, 0) is 6.54 Å². The first-order valence-corrected chi connectivity index (χ1v) is 9.49. The van der Waals surface area contributed by atoms with Crippen LogP contribution in [0.3, 0.4) is 0 Å². The molecule has 146 valence electrons. The zero-order chi connectivity index (χ0) is 20.1. The summed E-state index contributed by atoms with van der Waals surface area (Å²) in [7, 11) is 3.98. The number of aryl methyl sites for hydroxylation is 1. The first-order valence-electron chi connectivity index (χ1n) is 9.11. The number of benzene rings is 2. The predicted molar refractivity (Wildman–Crippen MR) is 111 cm³/mol. The minimum absolute atomic E-state index is 0.179. The van der Waals surface area contributed by atoms with Crippen LogP contribution in [0, 0.1) is 6.92 Å². The quantitative estimate of drug-likeness (QED) is 0.613. The molecule has 1 amide bonds. The molecule has 0 aliphatic carbocycles. The van der Waals surface area contributed by atoms with Crippen molar-refractivity contribution in [1.82, 2.24) is 24.6 Å². The van der Waals surface area contributed by atoms with Gasteiger partial charge in [-0.15, -0.1) is 5.10 Å². The third kappa shape index (κ3) is 4.97. The van der Waals surface area contributed by atoms with E-state index in [2.05, 4.69) is 15.0 Å². The van der Waals surface area contributed by atoms with Gasteiger partial charge in [-0.25, -0.2) is 9.67 Å². The van der Waals surface area contributed by atoms with Crippen LogP contribution in [0.25, 0.3) is 5.69 Å². The van der Waals surface area contributed by atoms with Gasteiger partial charge >= 0.3 is 0 Å². The zero-order valence-electron chi connectivity index (χ0n) is 16.3. The Labute approximate surface area is 170 Å². The first kappa shape index (κ1) is 20.0. The Morgan fingerprint density at radius 3 is 2.36 bits per heavy atom. The maximum atomic E-state index is 13.2. The molecular formula is C21H24ClN5O. The minimum atomic E-state index is -0.179. The predicted octanol–water partition coefficient (Wildman–Crippen LogP) is 3.43. The van der Waals surface area contributed by atoms with E-state index in [-0.39, 0.29) is 11.7 Å². The molecule has 1 heterocycles. The molecule has 0 N–H and O–H groups in total. The number of hydrogen-bond donors (Lipinski definition) is 0. The van der Waals surface area contributed by atoms with Gasteiger partial charge in [-0.1, -0.05) is 41.9 Å². The Hall–Kier alpha value is -2.70. The van der Waals surface area contributed by atoms with Crippen molar-refractivity contribution in [2.24, 2.45) is 0 Å². The topological polar surface area (TPSA) is 54.3 Å². The lowest BCUT2D eigenvalue weighted by molar-refractivity contribution is 0.0719. The molecule has 0 fully saturated rings. The lowest BCUT2D eigenvalue weighted by atomic mass is 10.2. The fraction of sp³-hybridized carbons (Fsp3) is 0.286. The molecule has 3 aromatic rings. The number of carbonyl (C=O) groups is 1. The summed E-state index contributed by atoms with van der Waals surface area (Å²) in [5, 5.41) is 5.11. The zero-order valence-corrected chi connectivity index (χ0v) is 17.1. The van der Waals surface area contributed by atoms with E-state index in [4.69, 9.17) is 11.6 Å². The van der Waals surface area contributed by atoms with Crippen LogP contribution in [0.5, 0.6) is 0 Å². The Balaban J connectivity index is 1.85. The monoisotopic (exact) mass is 397 g/mol. The highest BCUT2D eigenvalue weighted by Crippen LogP contribution is 2.15. The molecule has 6 nitrogen and oxygen atoms in total.